The molecule has 24 heavy (non-hydrogen) atoms. The van der Waals surface area contributed by atoms with Gasteiger partial charge in [-0.05, 0) is 42.5 Å². The fraction of sp³-hybridized carbons (Fsp3) is 0.278. The zero-order valence-corrected chi connectivity index (χ0v) is 14.3. The third-order valence-corrected chi connectivity index (χ3v) is 6.65. The molecule has 124 valence electrons. The summed E-state index contributed by atoms with van der Waals surface area (Å²) < 4.78 is 29.5. The monoisotopic (exact) mass is 341 g/mol. The Hall–Kier alpha value is -2.18. The average Bonchev–Trinajstić information content (AvgIpc) is 3.05. The summed E-state index contributed by atoms with van der Waals surface area (Å²) in [5.41, 5.74) is 2.99. The molecule has 0 spiro atoms. The molecular weight excluding hydrogens is 322 g/mol. The molecule has 0 N–H and O–H groups in total. The first-order chi connectivity index (χ1) is 11.6. The summed E-state index contributed by atoms with van der Waals surface area (Å²) in [4.78, 5) is 4.21. The summed E-state index contributed by atoms with van der Waals surface area (Å²) in [7, 11) is -1.96. The highest BCUT2D eigenvalue weighted by Crippen LogP contribution is 2.36. The Morgan fingerprint density at radius 1 is 1.17 bits per heavy atom. The third-order valence-electron chi connectivity index (χ3n) is 4.80. The van der Waals surface area contributed by atoms with E-state index in [9.17, 15) is 8.42 Å². The maximum atomic E-state index is 13.2. The molecule has 5 nitrogen and oxygen atoms in total. The SMILES string of the molecule is CN(C1CCCc2ccccc21)S(=O)(=O)c1cnc2ccccn12. The van der Waals surface area contributed by atoms with Crippen LogP contribution in [0.15, 0.2) is 59.9 Å². The summed E-state index contributed by atoms with van der Waals surface area (Å²) >= 11 is 0. The third kappa shape index (κ3) is 2.34. The van der Waals surface area contributed by atoms with E-state index in [1.54, 1.807) is 23.7 Å². The van der Waals surface area contributed by atoms with E-state index in [1.165, 1.54) is 16.1 Å². The van der Waals surface area contributed by atoms with E-state index in [1.807, 2.05) is 30.3 Å². The first kappa shape index (κ1) is 15.4. The van der Waals surface area contributed by atoms with Crippen molar-refractivity contribution in [3.8, 4) is 0 Å². The van der Waals surface area contributed by atoms with Crippen LogP contribution in [0.5, 0.6) is 0 Å². The zero-order chi connectivity index (χ0) is 16.7. The van der Waals surface area contributed by atoms with Crippen molar-refractivity contribution in [2.24, 2.45) is 0 Å². The molecule has 4 rings (SSSR count). The predicted octanol–water partition coefficient (Wildman–Crippen LogP) is 3.03. The Morgan fingerprint density at radius 2 is 1.96 bits per heavy atom. The van der Waals surface area contributed by atoms with E-state index >= 15 is 0 Å². The van der Waals surface area contributed by atoms with Gasteiger partial charge in [-0.15, -0.1) is 0 Å². The highest BCUT2D eigenvalue weighted by Gasteiger charge is 2.33. The molecule has 1 unspecified atom stereocenters. The molecule has 1 aromatic carbocycles. The summed E-state index contributed by atoms with van der Waals surface area (Å²) in [5, 5.41) is 0.212. The van der Waals surface area contributed by atoms with Crippen LogP contribution >= 0.6 is 0 Å². The summed E-state index contributed by atoms with van der Waals surface area (Å²) in [5.74, 6) is 0. The minimum absolute atomic E-state index is 0.130. The number of nitrogens with zero attached hydrogens (tertiary/aromatic N) is 3. The van der Waals surface area contributed by atoms with Gasteiger partial charge in [0.15, 0.2) is 5.03 Å². The largest absolute Gasteiger partial charge is 0.289 e. The number of aryl methyl sites for hydroxylation is 1. The average molecular weight is 341 g/mol. The second-order valence-electron chi connectivity index (χ2n) is 6.15. The molecule has 0 aliphatic heterocycles. The lowest BCUT2D eigenvalue weighted by molar-refractivity contribution is 0.336. The number of rotatable bonds is 3. The van der Waals surface area contributed by atoms with Gasteiger partial charge in [-0.2, -0.15) is 4.31 Å². The molecule has 0 radical (unpaired) electrons. The van der Waals surface area contributed by atoms with E-state index in [2.05, 4.69) is 11.1 Å². The fourth-order valence-corrected chi connectivity index (χ4v) is 4.96. The highest BCUT2D eigenvalue weighted by molar-refractivity contribution is 7.89. The van der Waals surface area contributed by atoms with Crippen molar-refractivity contribution >= 4 is 15.7 Å². The van der Waals surface area contributed by atoms with Gasteiger partial charge in [0.1, 0.15) is 5.65 Å². The van der Waals surface area contributed by atoms with Crippen LogP contribution in [-0.4, -0.2) is 29.2 Å². The molecule has 0 amide bonds. The number of hydrogen-bond acceptors (Lipinski definition) is 3. The van der Waals surface area contributed by atoms with Crippen molar-refractivity contribution in [3.63, 3.8) is 0 Å². The van der Waals surface area contributed by atoms with E-state index in [0.29, 0.717) is 5.65 Å². The van der Waals surface area contributed by atoms with Crippen LogP contribution in [0, 0.1) is 0 Å². The lowest BCUT2D eigenvalue weighted by atomic mass is 9.88. The zero-order valence-electron chi connectivity index (χ0n) is 13.5. The fourth-order valence-electron chi connectivity index (χ4n) is 3.52. The number of benzene rings is 1. The van der Waals surface area contributed by atoms with Gasteiger partial charge in [0.2, 0.25) is 0 Å². The van der Waals surface area contributed by atoms with Crippen LogP contribution in [0.4, 0.5) is 0 Å². The smallest absolute Gasteiger partial charge is 0.260 e. The Morgan fingerprint density at radius 3 is 2.83 bits per heavy atom. The topological polar surface area (TPSA) is 54.7 Å². The number of aromatic nitrogens is 2. The molecule has 3 aromatic rings. The van der Waals surface area contributed by atoms with Crippen LogP contribution in [0.1, 0.15) is 30.0 Å². The Balaban J connectivity index is 1.78. The first-order valence-electron chi connectivity index (χ1n) is 8.07. The van der Waals surface area contributed by atoms with Crippen molar-refractivity contribution in [2.45, 2.75) is 30.3 Å². The second kappa shape index (κ2) is 5.72. The molecule has 1 aliphatic carbocycles. The molecule has 2 aromatic heterocycles. The van der Waals surface area contributed by atoms with Crippen molar-refractivity contribution in [2.75, 3.05) is 7.05 Å². The molecule has 2 heterocycles. The first-order valence-corrected chi connectivity index (χ1v) is 9.51. The molecular formula is C18H19N3O2S. The quantitative estimate of drug-likeness (QED) is 0.736. The Labute approximate surface area is 141 Å². The van der Waals surface area contributed by atoms with E-state index in [4.69, 9.17) is 0 Å². The van der Waals surface area contributed by atoms with Gasteiger partial charge in [0, 0.05) is 13.2 Å². The molecule has 6 heteroatoms. The minimum Gasteiger partial charge on any atom is -0.289 e. The van der Waals surface area contributed by atoms with Gasteiger partial charge < -0.3 is 0 Å². The molecule has 0 saturated carbocycles. The standard InChI is InChI=1S/C18H19N3O2S/c1-20(16-10-6-8-14-7-2-3-9-15(14)16)24(22,23)18-13-19-17-11-4-5-12-21(17)18/h2-5,7,9,11-13,16H,6,8,10H2,1H3. The van der Waals surface area contributed by atoms with Crippen molar-refractivity contribution in [1.82, 2.24) is 13.7 Å². The molecule has 0 bridgehead atoms. The summed E-state index contributed by atoms with van der Waals surface area (Å²) in [6, 6.07) is 13.5. The van der Waals surface area contributed by atoms with E-state index in [0.717, 1.165) is 24.8 Å². The van der Waals surface area contributed by atoms with Crippen LogP contribution in [-0.2, 0) is 16.4 Å². The normalized spacial score (nSPS) is 18.0. The van der Waals surface area contributed by atoms with Crippen molar-refractivity contribution < 1.29 is 8.42 Å². The number of hydrogen-bond donors (Lipinski definition) is 0. The number of fused-ring (bicyclic) bond motifs is 2. The van der Waals surface area contributed by atoms with Crippen LogP contribution in [0.25, 0.3) is 5.65 Å². The molecule has 0 saturated heterocycles. The van der Waals surface area contributed by atoms with Crippen LogP contribution < -0.4 is 0 Å². The maximum absolute atomic E-state index is 13.2. The summed E-state index contributed by atoms with van der Waals surface area (Å²) in [6.07, 6.45) is 6.02. The Kier molecular flexibility index (Phi) is 3.66. The summed E-state index contributed by atoms with van der Waals surface area (Å²) in [6.45, 7) is 0. The van der Waals surface area contributed by atoms with Gasteiger partial charge in [0.25, 0.3) is 10.0 Å². The van der Waals surface area contributed by atoms with Gasteiger partial charge in [-0.1, -0.05) is 30.3 Å². The predicted molar refractivity (Wildman–Crippen MR) is 92.3 cm³/mol. The van der Waals surface area contributed by atoms with Crippen molar-refractivity contribution in [1.29, 1.82) is 0 Å². The minimum atomic E-state index is -3.63. The number of pyridine rings is 1. The van der Waals surface area contributed by atoms with Gasteiger partial charge >= 0.3 is 0 Å². The Bertz CT molecular complexity index is 994. The maximum Gasteiger partial charge on any atom is 0.260 e. The van der Waals surface area contributed by atoms with E-state index < -0.39 is 10.0 Å². The lowest BCUT2D eigenvalue weighted by Crippen LogP contribution is -2.34. The van der Waals surface area contributed by atoms with Crippen LogP contribution in [0.2, 0.25) is 0 Å². The number of imidazole rings is 1. The number of sulfonamides is 1. The van der Waals surface area contributed by atoms with Gasteiger partial charge in [-0.3, -0.25) is 4.40 Å². The molecule has 1 aliphatic rings. The molecule has 1 atom stereocenters. The van der Waals surface area contributed by atoms with Gasteiger partial charge in [-0.25, -0.2) is 13.4 Å². The second-order valence-corrected chi connectivity index (χ2v) is 8.10. The van der Waals surface area contributed by atoms with E-state index in [-0.39, 0.29) is 11.1 Å². The van der Waals surface area contributed by atoms with Crippen molar-refractivity contribution in [3.05, 3.63) is 66.0 Å². The van der Waals surface area contributed by atoms with Crippen LogP contribution in [0.3, 0.4) is 0 Å². The van der Waals surface area contributed by atoms with Gasteiger partial charge in [0.05, 0.1) is 12.2 Å². The highest BCUT2D eigenvalue weighted by atomic mass is 32.2. The molecule has 0 fully saturated rings. The lowest BCUT2D eigenvalue weighted by Gasteiger charge is -2.32.